The number of methoxy groups -OCH3 is 1. The maximum Gasteiger partial charge on any atom is 0.237 e. The van der Waals surface area contributed by atoms with Gasteiger partial charge in [-0.2, -0.15) is 0 Å². The maximum atomic E-state index is 12.0. The molecule has 22 heavy (non-hydrogen) atoms. The first-order valence-corrected chi connectivity index (χ1v) is 8.32. The number of rotatable bonds is 5. The van der Waals surface area contributed by atoms with E-state index >= 15 is 0 Å². The smallest absolute Gasteiger partial charge is 0.237 e. The molecule has 0 saturated carbocycles. The summed E-state index contributed by atoms with van der Waals surface area (Å²) in [5.41, 5.74) is 1.17. The van der Waals surface area contributed by atoms with Gasteiger partial charge < -0.3 is 15.4 Å². The normalized spacial score (nSPS) is 17.4. The minimum atomic E-state index is -0.0129. The third-order valence-corrected chi connectivity index (χ3v) is 4.98. The Bertz CT molecular complexity index is 630. The number of hydrogen-bond acceptors (Lipinski definition) is 4. The van der Waals surface area contributed by atoms with E-state index in [9.17, 15) is 4.79 Å². The summed E-state index contributed by atoms with van der Waals surface area (Å²) in [5, 5.41) is 6.23. The van der Waals surface area contributed by atoms with E-state index < -0.39 is 0 Å². The van der Waals surface area contributed by atoms with Crippen molar-refractivity contribution in [1.82, 2.24) is 10.6 Å². The van der Waals surface area contributed by atoms with Crippen LogP contribution in [0, 0.1) is 0 Å². The monoisotopic (exact) mass is 316 g/mol. The van der Waals surface area contributed by atoms with E-state index in [1.807, 2.05) is 12.1 Å². The molecule has 0 bridgehead atoms. The van der Waals surface area contributed by atoms with Gasteiger partial charge in [-0.15, -0.1) is 11.3 Å². The molecule has 2 heterocycles. The molecule has 116 valence electrons. The highest BCUT2D eigenvalue weighted by molar-refractivity contribution is 7.15. The van der Waals surface area contributed by atoms with Crippen LogP contribution in [0.15, 0.2) is 36.4 Å². The Morgan fingerprint density at radius 3 is 2.82 bits per heavy atom. The van der Waals surface area contributed by atoms with Crippen LogP contribution >= 0.6 is 11.3 Å². The molecule has 1 aromatic carbocycles. The molecule has 4 nitrogen and oxygen atoms in total. The van der Waals surface area contributed by atoms with Crippen molar-refractivity contribution in [3.8, 4) is 16.2 Å². The highest BCUT2D eigenvalue weighted by Gasteiger charge is 2.21. The predicted octanol–water partition coefficient (Wildman–Crippen LogP) is 2.79. The number of hydrogen-bond donors (Lipinski definition) is 2. The van der Waals surface area contributed by atoms with Crippen molar-refractivity contribution in [2.75, 3.05) is 13.7 Å². The zero-order chi connectivity index (χ0) is 15.4. The molecule has 1 amide bonds. The third kappa shape index (κ3) is 3.48. The SMILES string of the molecule is COc1ccc(-c2ccc(CNC(=O)[C@@H]3CCCN3)s2)cc1. The highest BCUT2D eigenvalue weighted by atomic mass is 32.1. The molecule has 0 unspecified atom stereocenters. The largest absolute Gasteiger partial charge is 0.497 e. The first-order chi connectivity index (χ1) is 10.8. The van der Waals surface area contributed by atoms with Crippen LogP contribution in [0.25, 0.3) is 10.4 Å². The average Bonchev–Trinajstić information content (AvgIpc) is 3.24. The van der Waals surface area contributed by atoms with E-state index in [4.69, 9.17) is 4.74 Å². The Labute approximate surface area is 134 Å². The Balaban J connectivity index is 1.59. The number of amides is 1. The summed E-state index contributed by atoms with van der Waals surface area (Å²) in [4.78, 5) is 14.3. The van der Waals surface area contributed by atoms with Crippen molar-refractivity contribution in [1.29, 1.82) is 0 Å². The number of carbonyl (C=O) groups excluding carboxylic acids is 1. The average molecular weight is 316 g/mol. The number of thiophene rings is 1. The van der Waals surface area contributed by atoms with Crippen LogP contribution < -0.4 is 15.4 Å². The van der Waals surface area contributed by atoms with E-state index in [1.165, 1.54) is 10.4 Å². The van der Waals surface area contributed by atoms with E-state index in [0.717, 1.165) is 30.0 Å². The van der Waals surface area contributed by atoms with Gasteiger partial charge in [0.1, 0.15) is 5.75 Å². The molecular weight excluding hydrogens is 296 g/mol. The van der Waals surface area contributed by atoms with Crippen LogP contribution in [0.3, 0.4) is 0 Å². The summed E-state index contributed by atoms with van der Waals surface area (Å²) in [6.07, 6.45) is 2.02. The topological polar surface area (TPSA) is 50.4 Å². The molecule has 1 aliphatic heterocycles. The lowest BCUT2D eigenvalue weighted by Gasteiger charge is -2.09. The van der Waals surface area contributed by atoms with Crippen molar-refractivity contribution in [2.45, 2.75) is 25.4 Å². The second kappa shape index (κ2) is 6.94. The summed E-state index contributed by atoms with van der Waals surface area (Å²) >= 11 is 1.71. The lowest BCUT2D eigenvalue weighted by molar-refractivity contribution is -0.122. The van der Waals surface area contributed by atoms with Crippen LogP contribution in [-0.2, 0) is 11.3 Å². The lowest BCUT2D eigenvalue weighted by atomic mass is 10.2. The highest BCUT2D eigenvalue weighted by Crippen LogP contribution is 2.29. The van der Waals surface area contributed by atoms with Crippen LogP contribution in [-0.4, -0.2) is 25.6 Å². The second-order valence-corrected chi connectivity index (χ2v) is 6.53. The number of carbonyl (C=O) groups is 1. The van der Waals surface area contributed by atoms with E-state index in [1.54, 1.807) is 18.4 Å². The molecule has 5 heteroatoms. The van der Waals surface area contributed by atoms with Crippen molar-refractivity contribution in [3.63, 3.8) is 0 Å². The van der Waals surface area contributed by atoms with Gasteiger partial charge in [-0.25, -0.2) is 0 Å². The second-order valence-electron chi connectivity index (χ2n) is 5.36. The predicted molar refractivity (Wildman–Crippen MR) is 89.2 cm³/mol. The zero-order valence-corrected chi connectivity index (χ0v) is 13.4. The van der Waals surface area contributed by atoms with Crippen LogP contribution in [0.1, 0.15) is 17.7 Å². The fraction of sp³-hybridized carbons (Fsp3) is 0.353. The minimum Gasteiger partial charge on any atom is -0.497 e. The van der Waals surface area contributed by atoms with Gasteiger partial charge in [0.05, 0.1) is 19.7 Å². The van der Waals surface area contributed by atoms with Crippen molar-refractivity contribution >= 4 is 17.2 Å². The van der Waals surface area contributed by atoms with Crippen LogP contribution in [0.2, 0.25) is 0 Å². The molecule has 2 aromatic rings. The molecule has 2 N–H and O–H groups in total. The Kier molecular flexibility index (Phi) is 4.75. The summed E-state index contributed by atoms with van der Waals surface area (Å²) < 4.78 is 5.17. The van der Waals surface area contributed by atoms with Crippen molar-refractivity contribution < 1.29 is 9.53 Å². The van der Waals surface area contributed by atoms with Crippen LogP contribution in [0.5, 0.6) is 5.75 Å². The minimum absolute atomic E-state index is 0.0129. The number of benzene rings is 1. The van der Waals surface area contributed by atoms with Crippen molar-refractivity contribution in [3.05, 3.63) is 41.3 Å². The Morgan fingerprint density at radius 1 is 1.32 bits per heavy atom. The summed E-state index contributed by atoms with van der Waals surface area (Å²) in [6.45, 7) is 1.54. The summed E-state index contributed by atoms with van der Waals surface area (Å²) in [7, 11) is 1.67. The molecule has 0 spiro atoms. The Morgan fingerprint density at radius 2 is 2.14 bits per heavy atom. The first-order valence-electron chi connectivity index (χ1n) is 7.50. The van der Waals surface area contributed by atoms with Gasteiger partial charge in [-0.1, -0.05) is 0 Å². The van der Waals surface area contributed by atoms with E-state index in [0.29, 0.717) is 6.54 Å². The molecule has 0 radical (unpaired) electrons. The number of ether oxygens (including phenoxy) is 1. The molecular formula is C17H20N2O2S. The quantitative estimate of drug-likeness (QED) is 0.892. The van der Waals surface area contributed by atoms with Gasteiger partial charge >= 0.3 is 0 Å². The van der Waals surface area contributed by atoms with Gasteiger partial charge in [-0.3, -0.25) is 4.79 Å². The first kappa shape index (κ1) is 15.1. The van der Waals surface area contributed by atoms with Gasteiger partial charge in [0, 0.05) is 9.75 Å². The molecule has 1 fully saturated rings. The third-order valence-electron chi connectivity index (χ3n) is 3.85. The fourth-order valence-corrected chi connectivity index (χ4v) is 3.54. The zero-order valence-electron chi connectivity index (χ0n) is 12.6. The van der Waals surface area contributed by atoms with Gasteiger partial charge in [0.2, 0.25) is 5.91 Å². The number of nitrogens with one attached hydrogen (secondary N) is 2. The van der Waals surface area contributed by atoms with Crippen LogP contribution in [0.4, 0.5) is 0 Å². The van der Waals surface area contributed by atoms with Gasteiger partial charge in [-0.05, 0) is 61.3 Å². The molecule has 1 saturated heterocycles. The molecule has 1 atom stereocenters. The lowest BCUT2D eigenvalue weighted by Crippen LogP contribution is -2.39. The molecule has 1 aliphatic rings. The van der Waals surface area contributed by atoms with E-state index in [2.05, 4.69) is 34.9 Å². The Hall–Kier alpha value is -1.85. The molecule has 0 aliphatic carbocycles. The molecule has 3 rings (SSSR count). The van der Waals surface area contributed by atoms with Crippen molar-refractivity contribution in [2.24, 2.45) is 0 Å². The maximum absolute atomic E-state index is 12.0. The summed E-state index contributed by atoms with van der Waals surface area (Å²) in [6, 6.07) is 12.2. The van der Waals surface area contributed by atoms with Gasteiger partial charge in [0.15, 0.2) is 0 Å². The van der Waals surface area contributed by atoms with Gasteiger partial charge in [0.25, 0.3) is 0 Å². The standard InChI is InChI=1S/C17H20N2O2S/c1-21-13-6-4-12(5-7-13)16-9-8-14(22-16)11-19-17(20)15-3-2-10-18-15/h4-9,15,18H,2-3,10-11H2,1H3,(H,19,20)/t15-/m0/s1. The van der Waals surface area contributed by atoms with E-state index in [-0.39, 0.29) is 11.9 Å². The summed E-state index contributed by atoms with van der Waals surface area (Å²) in [5.74, 6) is 0.966. The fourth-order valence-electron chi connectivity index (χ4n) is 2.59. The molecule has 1 aromatic heterocycles.